The molecule has 0 bridgehead atoms. The molecule has 3 heterocycles. The van der Waals surface area contributed by atoms with Crippen molar-refractivity contribution in [2.45, 2.75) is 56.1 Å². The largest absolute Gasteiger partial charge is 0.432 e. The number of para-hydroxylation sites is 1. The zero-order valence-electron chi connectivity index (χ0n) is 23.9. The molecule has 0 saturated carbocycles. The smallest absolute Gasteiger partial charge is 0.268 e. The molecule has 2 N–H and O–H groups in total. The predicted octanol–water partition coefficient (Wildman–Crippen LogP) is 5.57. The summed E-state index contributed by atoms with van der Waals surface area (Å²) in [5.41, 5.74) is 2.78. The van der Waals surface area contributed by atoms with Crippen LogP contribution in [-0.2, 0) is 21.7 Å². The standard InChI is InChI=1S/C32H35IN4O4Si/c1-21-30(42(2,3)40)29(16-17-36-19-27(34-35-36)25(20-38)22-10-6-4-7-11-22)41-32(21)26-18-23(33)14-15-28(26)37(31(32)39)24-12-8-5-9-13-24/h4-15,18-19,21,25,29-30,38,40H,16-17,20H2,1-3H3/t21-,25?,29+,30-,32+/m0/s1. The van der Waals surface area contributed by atoms with E-state index >= 15 is 0 Å². The summed E-state index contributed by atoms with van der Waals surface area (Å²) in [6.07, 6.45) is 2.07. The second kappa shape index (κ2) is 11.3. The van der Waals surface area contributed by atoms with Gasteiger partial charge in [-0.2, -0.15) is 0 Å². The maximum Gasteiger partial charge on any atom is 0.268 e. The number of rotatable bonds is 8. The van der Waals surface area contributed by atoms with Crippen LogP contribution in [-0.4, -0.2) is 51.8 Å². The molecule has 1 spiro atoms. The Labute approximate surface area is 260 Å². The Morgan fingerprint density at radius 1 is 1.07 bits per heavy atom. The number of aliphatic hydroxyl groups excluding tert-OH is 1. The normalized spacial score (nSPS) is 24.4. The molecule has 8 nitrogen and oxygen atoms in total. The number of fused-ring (bicyclic) bond motifs is 2. The maximum absolute atomic E-state index is 14.5. The number of halogens is 1. The molecule has 1 aromatic heterocycles. The summed E-state index contributed by atoms with van der Waals surface area (Å²) in [6.45, 7) is 6.37. The van der Waals surface area contributed by atoms with Crippen LogP contribution in [0.15, 0.2) is 85.1 Å². The van der Waals surface area contributed by atoms with Crippen molar-refractivity contribution in [3.8, 4) is 0 Å². The van der Waals surface area contributed by atoms with Crippen LogP contribution in [0.2, 0.25) is 18.6 Å². The molecule has 0 aliphatic carbocycles. The molecule has 1 unspecified atom stereocenters. The highest BCUT2D eigenvalue weighted by Gasteiger charge is 2.66. The number of carbonyl (C=O) groups excluding carboxylic acids is 1. The Kier molecular flexibility index (Phi) is 7.86. The van der Waals surface area contributed by atoms with Gasteiger partial charge in [0.25, 0.3) is 5.91 Å². The van der Waals surface area contributed by atoms with Crippen molar-refractivity contribution in [3.63, 3.8) is 0 Å². The summed E-state index contributed by atoms with van der Waals surface area (Å²) in [6, 6.07) is 25.5. The molecule has 218 valence electrons. The Morgan fingerprint density at radius 2 is 1.76 bits per heavy atom. The monoisotopic (exact) mass is 694 g/mol. The molecular weight excluding hydrogens is 659 g/mol. The summed E-state index contributed by atoms with van der Waals surface area (Å²) in [5, 5.41) is 18.8. The molecule has 42 heavy (non-hydrogen) atoms. The van der Waals surface area contributed by atoms with Crippen molar-refractivity contribution in [1.82, 2.24) is 15.0 Å². The molecule has 2 aliphatic heterocycles. The Bertz CT molecular complexity index is 1580. The van der Waals surface area contributed by atoms with Crippen LogP contribution in [0, 0.1) is 9.49 Å². The number of hydrogen-bond donors (Lipinski definition) is 2. The topological polar surface area (TPSA) is 101 Å². The quantitative estimate of drug-likeness (QED) is 0.185. The minimum Gasteiger partial charge on any atom is -0.432 e. The Balaban J connectivity index is 1.32. The first-order valence-electron chi connectivity index (χ1n) is 14.3. The molecule has 4 aromatic rings. The lowest BCUT2D eigenvalue weighted by molar-refractivity contribution is -0.145. The van der Waals surface area contributed by atoms with Gasteiger partial charge in [-0.15, -0.1) is 5.10 Å². The summed E-state index contributed by atoms with van der Waals surface area (Å²) in [7, 11) is -2.79. The number of aliphatic hydroxyl groups is 1. The lowest BCUT2D eigenvalue weighted by atomic mass is 9.82. The van der Waals surface area contributed by atoms with Crippen LogP contribution < -0.4 is 4.90 Å². The number of hydrogen-bond acceptors (Lipinski definition) is 6. The van der Waals surface area contributed by atoms with Crippen LogP contribution in [0.5, 0.6) is 0 Å². The van der Waals surface area contributed by atoms with Crippen molar-refractivity contribution >= 4 is 48.2 Å². The molecule has 1 saturated heterocycles. The van der Waals surface area contributed by atoms with Gasteiger partial charge in [0.05, 0.1) is 30.0 Å². The first-order valence-corrected chi connectivity index (χ1v) is 18.4. The summed E-state index contributed by atoms with van der Waals surface area (Å²) < 4.78 is 9.75. The minimum atomic E-state index is -2.79. The van der Waals surface area contributed by atoms with Crippen molar-refractivity contribution in [3.05, 3.63) is 105 Å². The summed E-state index contributed by atoms with van der Waals surface area (Å²) in [4.78, 5) is 27.9. The van der Waals surface area contributed by atoms with Gasteiger partial charge in [0, 0.05) is 39.0 Å². The SMILES string of the molecule is C[C@H]1[C@H]([Si](C)(C)O)[C@@H](CCn2cc(C(CO)c3ccccc3)nn2)O[C@]12C(=O)N(c1ccccc1)c1ccc(I)cc12. The lowest BCUT2D eigenvalue weighted by Crippen LogP contribution is -2.45. The van der Waals surface area contributed by atoms with Gasteiger partial charge in [-0.1, -0.05) is 60.7 Å². The van der Waals surface area contributed by atoms with E-state index < -0.39 is 13.9 Å². The Morgan fingerprint density at radius 3 is 2.43 bits per heavy atom. The van der Waals surface area contributed by atoms with Gasteiger partial charge < -0.3 is 14.6 Å². The molecule has 0 radical (unpaired) electrons. The third-order valence-corrected chi connectivity index (χ3v) is 12.0. The number of anilines is 2. The van der Waals surface area contributed by atoms with Gasteiger partial charge in [-0.25, -0.2) is 0 Å². The van der Waals surface area contributed by atoms with Crippen LogP contribution in [0.25, 0.3) is 0 Å². The molecule has 1 amide bonds. The fourth-order valence-electron chi connectivity index (χ4n) is 6.98. The molecule has 5 atom stereocenters. The number of carbonyl (C=O) groups is 1. The van der Waals surface area contributed by atoms with E-state index in [-0.39, 0.29) is 36.0 Å². The molecule has 1 fully saturated rings. The molecule has 6 rings (SSSR count). The maximum atomic E-state index is 14.5. The predicted molar refractivity (Wildman–Crippen MR) is 172 cm³/mol. The van der Waals surface area contributed by atoms with Gasteiger partial charge in [-0.05, 0) is 78.0 Å². The van der Waals surface area contributed by atoms with Crippen molar-refractivity contribution in [2.75, 3.05) is 11.5 Å². The highest BCUT2D eigenvalue weighted by atomic mass is 127. The van der Waals surface area contributed by atoms with E-state index in [0.717, 1.165) is 26.1 Å². The van der Waals surface area contributed by atoms with E-state index in [1.165, 1.54) is 0 Å². The van der Waals surface area contributed by atoms with Crippen LogP contribution in [0.3, 0.4) is 0 Å². The first-order chi connectivity index (χ1) is 20.1. The van der Waals surface area contributed by atoms with E-state index in [9.17, 15) is 14.7 Å². The summed E-state index contributed by atoms with van der Waals surface area (Å²) in [5.74, 6) is -0.613. The van der Waals surface area contributed by atoms with Crippen LogP contribution >= 0.6 is 22.6 Å². The molecule has 3 aromatic carbocycles. The summed E-state index contributed by atoms with van der Waals surface area (Å²) >= 11 is 2.28. The fourth-order valence-corrected chi connectivity index (χ4v) is 10.1. The van der Waals surface area contributed by atoms with Gasteiger partial charge in [0.1, 0.15) is 0 Å². The highest BCUT2D eigenvalue weighted by Crippen LogP contribution is 2.60. The fraction of sp³-hybridized carbons (Fsp3) is 0.344. The van der Waals surface area contributed by atoms with Crippen molar-refractivity contribution in [1.29, 1.82) is 0 Å². The number of aromatic nitrogens is 3. The number of nitrogens with zero attached hydrogens (tertiary/aromatic N) is 4. The van der Waals surface area contributed by atoms with E-state index in [4.69, 9.17) is 4.74 Å². The number of ether oxygens (including phenoxy) is 1. The highest BCUT2D eigenvalue weighted by molar-refractivity contribution is 14.1. The van der Waals surface area contributed by atoms with Crippen molar-refractivity contribution in [2.24, 2.45) is 5.92 Å². The van der Waals surface area contributed by atoms with Gasteiger partial charge in [0.15, 0.2) is 13.9 Å². The van der Waals surface area contributed by atoms with E-state index in [2.05, 4.69) is 45.9 Å². The van der Waals surface area contributed by atoms with E-state index in [0.29, 0.717) is 18.7 Å². The second-order valence-electron chi connectivity index (χ2n) is 11.8. The second-order valence-corrected chi connectivity index (χ2v) is 17.1. The van der Waals surface area contributed by atoms with Gasteiger partial charge in [-0.3, -0.25) is 14.4 Å². The number of benzene rings is 3. The zero-order chi connectivity index (χ0) is 29.6. The zero-order valence-corrected chi connectivity index (χ0v) is 27.0. The number of amides is 1. The van der Waals surface area contributed by atoms with E-state index in [1.807, 2.05) is 92.1 Å². The van der Waals surface area contributed by atoms with Crippen molar-refractivity contribution < 1.29 is 19.4 Å². The molecule has 2 aliphatic rings. The third-order valence-electron chi connectivity index (χ3n) is 8.81. The minimum absolute atomic E-state index is 0.0703. The lowest BCUT2D eigenvalue weighted by Gasteiger charge is -2.32. The van der Waals surface area contributed by atoms with E-state index in [1.54, 1.807) is 9.58 Å². The Hall–Kier alpha value is -2.90. The van der Waals surface area contributed by atoms with Crippen LogP contribution in [0.1, 0.15) is 36.1 Å². The molecular formula is C32H35IN4O4Si. The first kappa shape index (κ1) is 29.2. The average Bonchev–Trinajstić information content (AvgIpc) is 3.63. The van der Waals surface area contributed by atoms with Gasteiger partial charge >= 0.3 is 0 Å². The molecule has 10 heteroatoms. The third kappa shape index (κ3) is 4.92. The van der Waals surface area contributed by atoms with Crippen LogP contribution in [0.4, 0.5) is 11.4 Å². The van der Waals surface area contributed by atoms with Gasteiger partial charge in [0.2, 0.25) is 0 Å². The average molecular weight is 695 g/mol. The number of aryl methyl sites for hydroxylation is 1.